The second kappa shape index (κ2) is 4.06. The molecule has 3 heteroatoms. The van der Waals surface area contributed by atoms with Gasteiger partial charge in [-0.3, -0.25) is 4.79 Å². The molecule has 1 fully saturated rings. The van der Waals surface area contributed by atoms with E-state index in [1.165, 1.54) is 17.7 Å². The molecule has 0 aromatic heterocycles. The van der Waals surface area contributed by atoms with E-state index in [0.29, 0.717) is 5.92 Å². The third-order valence-electron chi connectivity index (χ3n) is 3.90. The smallest absolute Gasteiger partial charge is 0.306 e. The summed E-state index contributed by atoms with van der Waals surface area (Å²) < 4.78 is 0. The minimum absolute atomic E-state index is 0.0934. The number of hydrogen-bond donors (Lipinski definition) is 1. The van der Waals surface area contributed by atoms with Crippen molar-refractivity contribution in [3.8, 4) is 0 Å². The first-order valence-corrected chi connectivity index (χ1v) is 6.31. The maximum absolute atomic E-state index is 10.8. The van der Waals surface area contributed by atoms with Gasteiger partial charge in [-0.1, -0.05) is 18.2 Å². The van der Waals surface area contributed by atoms with Crippen LogP contribution in [0.5, 0.6) is 0 Å². The highest BCUT2D eigenvalue weighted by Crippen LogP contribution is 2.41. The van der Waals surface area contributed by atoms with Crippen LogP contribution in [0.3, 0.4) is 0 Å². The van der Waals surface area contributed by atoms with Gasteiger partial charge in [-0.15, -0.1) is 0 Å². The quantitative estimate of drug-likeness (QED) is 0.866. The zero-order valence-electron chi connectivity index (χ0n) is 9.80. The summed E-state index contributed by atoms with van der Waals surface area (Å²) in [5.41, 5.74) is 2.72. The van der Waals surface area contributed by atoms with Gasteiger partial charge in [0.1, 0.15) is 0 Å². The summed E-state index contributed by atoms with van der Waals surface area (Å²) in [5.74, 6) is -0.358. The number of aliphatic carboxylic acids is 1. The van der Waals surface area contributed by atoms with Crippen LogP contribution in [0.4, 0.5) is 5.69 Å². The molecule has 0 amide bonds. The van der Waals surface area contributed by atoms with E-state index in [-0.39, 0.29) is 5.92 Å². The zero-order chi connectivity index (χ0) is 11.8. The SMILES string of the molecule is O=C(O)C1CC1CN1CCCc2ccccc21. The van der Waals surface area contributed by atoms with E-state index in [9.17, 15) is 4.79 Å². The average molecular weight is 231 g/mol. The van der Waals surface area contributed by atoms with Crippen LogP contribution < -0.4 is 4.90 Å². The lowest BCUT2D eigenvalue weighted by molar-refractivity contribution is -0.138. The Morgan fingerprint density at radius 3 is 3.00 bits per heavy atom. The first-order chi connectivity index (χ1) is 8.25. The van der Waals surface area contributed by atoms with E-state index < -0.39 is 5.97 Å². The topological polar surface area (TPSA) is 40.5 Å². The van der Waals surface area contributed by atoms with Crippen molar-refractivity contribution < 1.29 is 9.90 Å². The third-order valence-corrected chi connectivity index (χ3v) is 3.90. The van der Waals surface area contributed by atoms with E-state index in [0.717, 1.165) is 25.9 Å². The van der Waals surface area contributed by atoms with Crippen LogP contribution in [-0.2, 0) is 11.2 Å². The van der Waals surface area contributed by atoms with Crippen LogP contribution in [0.25, 0.3) is 0 Å². The Morgan fingerprint density at radius 2 is 2.24 bits per heavy atom. The average Bonchev–Trinajstić information content (AvgIpc) is 3.09. The Labute approximate surface area is 101 Å². The van der Waals surface area contributed by atoms with Crippen LogP contribution in [0.15, 0.2) is 24.3 Å². The van der Waals surface area contributed by atoms with Crippen molar-refractivity contribution in [1.82, 2.24) is 0 Å². The van der Waals surface area contributed by atoms with E-state index in [1.807, 2.05) is 0 Å². The standard InChI is InChI=1S/C14H17NO2/c16-14(17)12-8-11(12)9-15-7-3-5-10-4-1-2-6-13(10)15/h1-2,4,6,11-12H,3,5,7-9H2,(H,16,17). The third kappa shape index (κ3) is 2.02. The number of aryl methyl sites for hydroxylation is 1. The normalized spacial score (nSPS) is 26.5. The van der Waals surface area contributed by atoms with Gasteiger partial charge >= 0.3 is 5.97 Å². The molecule has 1 heterocycles. The fourth-order valence-electron chi connectivity index (χ4n) is 2.84. The maximum Gasteiger partial charge on any atom is 0.306 e. The molecule has 1 aliphatic heterocycles. The zero-order valence-corrected chi connectivity index (χ0v) is 9.80. The van der Waals surface area contributed by atoms with Crippen LogP contribution >= 0.6 is 0 Å². The number of rotatable bonds is 3. The van der Waals surface area contributed by atoms with E-state index in [1.54, 1.807) is 0 Å². The Morgan fingerprint density at radius 1 is 1.41 bits per heavy atom. The lowest BCUT2D eigenvalue weighted by Crippen LogP contribution is -2.31. The second-order valence-corrected chi connectivity index (χ2v) is 5.12. The van der Waals surface area contributed by atoms with Gasteiger partial charge in [-0.2, -0.15) is 0 Å². The Bertz CT molecular complexity index is 444. The minimum Gasteiger partial charge on any atom is -0.481 e. The fraction of sp³-hybridized carbons (Fsp3) is 0.500. The molecule has 1 aromatic rings. The molecule has 17 heavy (non-hydrogen) atoms. The van der Waals surface area contributed by atoms with Gasteiger partial charge in [0.15, 0.2) is 0 Å². The number of hydrogen-bond acceptors (Lipinski definition) is 2. The monoisotopic (exact) mass is 231 g/mol. The van der Waals surface area contributed by atoms with Crippen molar-refractivity contribution in [2.24, 2.45) is 11.8 Å². The van der Waals surface area contributed by atoms with Gasteiger partial charge in [0.05, 0.1) is 5.92 Å². The van der Waals surface area contributed by atoms with Crippen molar-refractivity contribution in [1.29, 1.82) is 0 Å². The summed E-state index contributed by atoms with van der Waals surface area (Å²) in [7, 11) is 0. The maximum atomic E-state index is 10.8. The second-order valence-electron chi connectivity index (χ2n) is 5.12. The number of anilines is 1. The van der Waals surface area contributed by atoms with E-state index in [4.69, 9.17) is 5.11 Å². The van der Waals surface area contributed by atoms with Gasteiger partial charge < -0.3 is 10.0 Å². The van der Waals surface area contributed by atoms with Gasteiger partial charge in [0.2, 0.25) is 0 Å². The summed E-state index contributed by atoms with van der Waals surface area (Å²) in [6.07, 6.45) is 3.19. The molecule has 0 radical (unpaired) electrons. The molecule has 0 bridgehead atoms. The number of benzene rings is 1. The molecule has 0 saturated heterocycles. The molecule has 1 N–H and O–H groups in total. The molecule has 1 aromatic carbocycles. The molecule has 1 aliphatic carbocycles. The molecular weight excluding hydrogens is 214 g/mol. The number of carbonyl (C=O) groups is 1. The summed E-state index contributed by atoms with van der Waals surface area (Å²) >= 11 is 0. The van der Waals surface area contributed by atoms with Crippen LogP contribution in [0, 0.1) is 11.8 Å². The summed E-state index contributed by atoms with van der Waals surface area (Å²) in [4.78, 5) is 13.2. The van der Waals surface area contributed by atoms with Crippen molar-refractivity contribution in [3.63, 3.8) is 0 Å². The minimum atomic E-state index is -0.625. The van der Waals surface area contributed by atoms with Crippen molar-refractivity contribution >= 4 is 11.7 Å². The van der Waals surface area contributed by atoms with Gasteiger partial charge in [0, 0.05) is 18.8 Å². The number of fused-ring (bicyclic) bond motifs is 1. The number of carboxylic acid groups (broad SMARTS) is 1. The van der Waals surface area contributed by atoms with E-state index >= 15 is 0 Å². The van der Waals surface area contributed by atoms with Crippen LogP contribution in [0.2, 0.25) is 0 Å². The predicted octanol–water partition coefficient (Wildman–Crippen LogP) is 2.16. The van der Waals surface area contributed by atoms with E-state index in [2.05, 4.69) is 29.2 Å². The Balaban J connectivity index is 1.72. The fourth-order valence-corrected chi connectivity index (χ4v) is 2.84. The molecule has 3 nitrogen and oxygen atoms in total. The van der Waals surface area contributed by atoms with Crippen LogP contribution in [0.1, 0.15) is 18.4 Å². The molecule has 0 spiro atoms. The summed E-state index contributed by atoms with van der Waals surface area (Å²) in [5, 5.41) is 8.93. The summed E-state index contributed by atoms with van der Waals surface area (Å²) in [6, 6.07) is 8.49. The first kappa shape index (κ1) is 10.6. The van der Waals surface area contributed by atoms with Crippen LogP contribution in [-0.4, -0.2) is 24.2 Å². The van der Waals surface area contributed by atoms with Gasteiger partial charge in [-0.05, 0) is 36.8 Å². The lowest BCUT2D eigenvalue weighted by Gasteiger charge is -2.31. The highest BCUT2D eigenvalue weighted by atomic mass is 16.4. The highest BCUT2D eigenvalue weighted by molar-refractivity contribution is 5.73. The van der Waals surface area contributed by atoms with Crippen molar-refractivity contribution in [2.45, 2.75) is 19.3 Å². The number of para-hydroxylation sites is 1. The highest BCUT2D eigenvalue weighted by Gasteiger charge is 2.44. The number of carboxylic acids is 1. The largest absolute Gasteiger partial charge is 0.481 e. The van der Waals surface area contributed by atoms with Crippen molar-refractivity contribution in [3.05, 3.63) is 29.8 Å². The molecule has 3 rings (SSSR count). The molecule has 2 unspecified atom stereocenters. The summed E-state index contributed by atoms with van der Waals surface area (Å²) in [6.45, 7) is 1.98. The Hall–Kier alpha value is -1.51. The van der Waals surface area contributed by atoms with Gasteiger partial charge in [-0.25, -0.2) is 0 Å². The molecule has 1 saturated carbocycles. The van der Waals surface area contributed by atoms with Gasteiger partial charge in [0.25, 0.3) is 0 Å². The molecule has 2 atom stereocenters. The molecular formula is C14H17NO2. The lowest BCUT2D eigenvalue weighted by atomic mass is 10.0. The molecule has 90 valence electrons. The van der Waals surface area contributed by atoms with Crippen molar-refractivity contribution in [2.75, 3.05) is 18.0 Å². The Kier molecular flexibility index (Phi) is 2.54. The number of nitrogens with zero attached hydrogens (tertiary/aromatic N) is 1. The first-order valence-electron chi connectivity index (χ1n) is 6.31. The predicted molar refractivity (Wildman–Crippen MR) is 66.2 cm³/mol. The molecule has 2 aliphatic rings.